The summed E-state index contributed by atoms with van der Waals surface area (Å²) < 4.78 is 67.7. The number of aromatic nitrogens is 3. The molecule has 4 rings (SSSR count). The molecule has 0 spiro atoms. The summed E-state index contributed by atoms with van der Waals surface area (Å²) in [6.07, 6.45) is -5.65. The van der Waals surface area contributed by atoms with E-state index < -0.39 is 51.9 Å². The lowest BCUT2D eigenvalue weighted by atomic mass is 10.1. The zero-order valence-electron chi connectivity index (χ0n) is 21.0. The van der Waals surface area contributed by atoms with Crippen LogP contribution in [-0.4, -0.2) is 69.5 Å². The minimum Gasteiger partial charge on any atom is -0.506 e. The van der Waals surface area contributed by atoms with Crippen molar-refractivity contribution in [1.82, 2.24) is 19.4 Å². The van der Waals surface area contributed by atoms with Gasteiger partial charge in [-0.15, -0.1) is 0 Å². The smallest absolute Gasteiger partial charge is 0.431 e. The molecule has 1 amide bonds. The number of anilines is 1. The topological polar surface area (TPSA) is 110 Å². The van der Waals surface area contributed by atoms with Gasteiger partial charge in [0.05, 0.1) is 12.5 Å². The molecule has 14 heteroatoms. The van der Waals surface area contributed by atoms with Crippen molar-refractivity contribution in [2.75, 3.05) is 38.2 Å². The predicted molar refractivity (Wildman–Crippen MR) is 128 cm³/mol. The Morgan fingerprint density at radius 2 is 1.74 bits per heavy atom. The van der Waals surface area contributed by atoms with E-state index in [9.17, 15) is 32.3 Å². The molecule has 1 aliphatic heterocycles. The molecule has 0 bridgehead atoms. The van der Waals surface area contributed by atoms with Gasteiger partial charge in [0.2, 0.25) is 0 Å². The number of amides is 1. The van der Waals surface area contributed by atoms with Crippen LogP contribution in [0.5, 0.6) is 11.8 Å². The maximum Gasteiger partial charge on any atom is 0.431 e. The van der Waals surface area contributed by atoms with Gasteiger partial charge in [0, 0.05) is 26.2 Å². The summed E-state index contributed by atoms with van der Waals surface area (Å²) in [6, 6.07) is 3.21. The van der Waals surface area contributed by atoms with Gasteiger partial charge in [0.1, 0.15) is 34.1 Å². The zero-order valence-corrected chi connectivity index (χ0v) is 21.0. The quantitative estimate of drug-likeness (QED) is 0.502. The molecule has 2 aromatic heterocycles. The van der Waals surface area contributed by atoms with Crippen molar-refractivity contribution in [3.8, 4) is 17.4 Å². The highest BCUT2D eigenvalue weighted by Crippen LogP contribution is 2.36. The van der Waals surface area contributed by atoms with E-state index in [1.807, 2.05) is 0 Å². The summed E-state index contributed by atoms with van der Waals surface area (Å²) in [5.41, 5.74) is -5.00. The summed E-state index contributed by atoms with van der Waals surface area (Å²) >= 11 is 0. The number of phenols is 1. The second kappa shape index (κ2) is 9.65. The lowest BCUT2D eigenvalue weighted by molar-refractivity contribution is -0.142. The van der Waals surface area contributed by atoms with Crippen LogP contribution >= 0.6 is 0 Å². The third-order valence-corrected chi connectivity index (χ3v) is 5.73. The van der Waals surface area contributed by atoms with E-state index in [0.29, 0.717) is 6.07 Å². The number of rotatable bonds is 3. The third kappa shape index (κ3) is 5.15. The third-order valence-electron chi connectivity index (χ3n) is 5.73. The molecule has 0 saturated carbocycles. The number of hydrogen-bond donors (Lipinski definition) is 1. The second-order valence-electron chi connectivity index (χ2n) is 9.53. The largest absolute Gasteiger partial charge is 0.506 e. The number of methoxy groups -OCH3 is 1. The Hall–Kier alpha value is -4.10. The van der Waals surface area contributed by atoms with Gasteiger partial charge in [0.15, 0.2) is 5.82 Å². The number of phenolic OH excluding ortho intramolecular Hbond substituents is 1. The number of benzene rings is 1. The normalized spacial score (nSPS) is 14.6. The number of fused-ring (bicyclic) bond motifs is 1. The molecule has 204 valence electrons. The van der Waals surface area contributed by atoms with Gasteiger partial charge in [-0.1, -0.05) is 6.07 Å². The van der Waals surface area contributed by atoms with Crippen molar-refractivity contribution in [2.45, 2.75) is 32.5 Å². The van der Waals surface area contributed by atoms with Gasteiger partial charge < -0.3 is 24.4 Å². The lowest BCUT2D eigenvalue weighted by Gasteiger charge is -2.36. The van der Waals surface area contributed by atoms with E-state index in [-0.39, 0.29) is 48.0 Å². The van der Waals surface area contributed by atoms with Crippen molar-refractivity contribution in [1.29, 1.82) is 0 Å². The average molecular weight is 539 g/mol. The maximum absolute atomic E-state index is 14.6. The molecule has 38 heavy (non-hydrogen) atoms. The van der Waals surface area contributed by atoms with Gasteiger partial charge in [-0.3, -0.25) is 9.36 Å². The van der Waals surface area contributed by atoms with Crippen LogP contribution in [0.1, 0.15) is 26.5 Å². The molecule has 1 aliphatic rings. The average Bonchev–Trinajstić information content (AvgIpc) is 2.83. The molecule has 3 aromatic rings. The first-order chi connectivity index (χ1) is 17.7. The van der Waals surface area contributed by atoms with Crippen LogP contribution in [0.15, 0.2) is 29.1 Å². The summed E-state index contributed by atoms with van der Waals surface area (Å²) in [5, 5.41) is 9.91. The van der Waals surface area contributed by atoms with Crippen LogP contribution in [0.3, 0.4) is 0 Å². The molecular weight excluding hydrogens is 514 g/mol. The van der Waals surface area contributed by atoms with Gasteiger partial charge in [0.25, 0.3) is 5.56 Å². The molecule has 1 aromatic carbocycles. The monoisotopic (exact) mass is 539 g/mol. The minimum atomic E-state index is -5.12. The Morgan fingerprint density at radius 3 is 2.29 bits per heavy atom. The summed E-state index contributed by atoms with van der Waals surface area (Å²) in [7, 11) is 1.22. The number of halogens is 4. The van der Waals surface area contributed by atoms with E-state index in [0.717, 1.165) is 18.2 Å². The summed E-state index contributed by atoms with van der Waals surface area (Å²) in [6.45, 7) is 5.86. The van der Waals surface area contributed by atoms with Crippen LogP contribution in [-0.2, 0) is 10.9 Å². The Morgan fingerprint density at radius 1 is 1.08 bits per heavy atom. The van der Waals surface area contributed by atoms with Gasteiger partial charge in [-0.2, -0.15) is 23.1 Å². The summed E-state index contributed by atoms with van der Waals surface area (Å²) in [4.78, 5) is 37.0. The number of pyridine rings is 1. The number of para-hydroxylation sites is 1. The Bertz CT molecular complexity index is 1420. The van der Waals surface area contributed by atoms with E-state index in [1.54, 1.807) is 25.7 Å². The number of aromatic hydroxyl groups is 1. The maximum atomic E-state index is 14.6. The van der Waals surface area contributed by atoms with Crippen LogP contribution < -0.4 is 15.2 Å². The Balaban J connectivity index is 1.86. The lowest BCUT2D eigenvalue weighted by Crippen LogP contribution is -2.50. The molecule has 3 heterocycles. The number of piperazine rings is 1. The second-order valence-corrected chi connectivity index (χ2v) is 9.53. The highest BCUT2D eigenvalue weighted by atomic mass is 19.4. The standard InChI is InChI=1S/C24H25F4N5O5/c1-23(2,3)38-22(36)32-10-8-31(9-11-32)19-13-12-16(24(26,27)28)33(18-14(25)6-5-7-15(18)34)20(35)17(13)29-21(30-19)37-4/h5-7,12,34H,8-11H2,1-4H3. The molecule has 0 unspecified atom stereocenters. The van der Waals surface area contributed by atoms with Crippen LogP contribution in [0.25, 0.3) is 16.6 Å². The SMILES string of the molecule is COc1nc(N2CCN(C(=O)OC(C)(C)C)CC2)c2cc(C(F)(F)F)n(-c3c(O)cccc3F)c(=O)c2n1. The first-order valence-corrected chi connectivity index (χ1v) is 11.5. The van der Waals surface area contributed by atoms with E-state index in [2.05, 4.69) is 9.97 Å². The van der Waals surface area contributed by atoms with Crippen LogP contribution in [0.2, 0.25) is 0 Å². The molecule has 1 saturated heterocycles. The molecule has 0 aliphatic carbocycles. The molecule has 10 nitrogen and oxygen atoms in total. The minimum absolute atomic E-state index is 0.0248. The van der Waals surface area contributed by atoms with Crippen molar-refractivity contribution in [2.24, 2.45) is 0 Å². The number of carbonyl (C=O) groups is 1. The van der Waals surface area contributed by atoms with Gasteiger partial charge >= 0.3 is 18.3 Å². The number of alkyl halides is 3. The first kappa shape index (κ1) is 26.9. The molecule has 1 N–H and O–H groups in total. The van der Waals surface area contributed by atoms with Crippen molar-refractivity contribution in [3.63, 3.8) is 0 Å². The fraction of sp³-hybridized carbons (Fsp3) is 0.417. The van der Waals surface area contributed by atoms with Crippen molar-refractivity contribution >= 4 is 22.8 Å². The zero-order chi connectivity index (χ0) is 28.0. The van der Waals surface area contributed by atoms with E-state index in [1.165, 1.54) is 12.0 Å². The fourth-order valence-corrected chi connectivity index (χ4v) is 4.07. The number of ether oxygens (including phenoxy) is 2. The van der Waals surface area contributed by atoms with Crippen molar-refractivity contribution < 1.29 is 36.9 Å². The first-order valence-electron chi connectivity index (χ1n) is 11.5. The van der Waals surface area contributed by atoms with Crippen molar-refractivity contribution in [3.05, 3.63) is 46.1 Å². The number of hydrogen-bond acceptors (Lipinski definition) is 8. The highest BCUT2D eigenvalue weighted by molar-refractivity contribution is 5.90. The van der Waals surface area contributed by atoms with Crippen LogP contribution in [0.4, 0.5) is 28.2 Å². The van der Waals surface area contributed by atoms with E-state index in [4.69, 9.17) is 9.47 Å². The molecular formula is C24H25F4N5O5. The van der Waals surface area contributed by atoms with Crippen LogP contribution in [0, 0.1) is 5.82 Å². The Kier molecular flexibility index (Phi) is 6.84. The molecule has 0 radical (unpaired) electrons. The fourth-order valence-electron chi connectivity index (χ4n) is 4.07. The summed E-state index contributed by atoms with van der Waals surface area (Å²) in [5.74, 6) is -2.13. The van der Waals surface area contributed by atoms with E-state index >= 15 is 0 Å². The predicted octanol–water partition coefficient (Wildman–Crippen LogP) is 3.71. The number of carbonyl (C=O) groups excluding carboxylic acids is 1. The van der Waals surface area contributed by atoms with Gasteiger partial charge in [-0.25, -0.2) is 9.18 Å². The highest BCUT2D eigenvalue weighted by Gasteiger charge is 2.38. The van der Waals surface area contributed by atoms with Gasteiger partial charge in [-0.05, 0) is 39.0 Å². The number of nitrogens with zero attached hydrogens (tertiary/aromatic N) is 5. The molecule has 1 fully saturated rings. The Labute approximate surface area is 214 Å². The molecule has 0 atom stereocenters.